The van der Waals surface area contributed by atoms with Crippen molar-refractivity contribution in [2.75, 3.05) is 31.1 Å². The van der Waals surface area contributed by atoms with Crippen molar-refractivity contribution >= 4 is 23.6 Å². The van der Waals surface area contributed by atoms with Crippen molar-refractivity contribution in [1.29, 1.82) is 0 Å². The maximum Gasteiger partial charge on any atom is 0.265 e. The summed E-state index contributed by atoms with van der Waals surface area (Å²) in [6, 6.07) is 15.0. The van der Waals surface area contributed by atoms with E-state index >= 15 is 0 Å². The van der Waals surface area contributed by atoms with E-state index in [1.54, 1.807) is 4.90 Å². The summed E-state index contributed by atoms with van der Waals surface area (Å²) < 4.78 is 11.8. The Kier molecular flexibility index (Phi) is 4.91. The Bertz CT molecular complexity index is 1010. The number of carbonyl (C=O) groups excluding carboxylic acids is 2. The van der Waals surface area contributed by atoms with Crippen LogP contribution in [0.4, 0.5) is 5.69 Å². The fourth-order valence-electron chi connectivity index (χ4n) is 4.29. The third-order valence-electron chi connectivity index (χ3n) is 5.87. The van der Waals surface area contributed by atoms with E-state index in [9.17, 15) is 9.59 Å². The molecule has 2 aromatic rings. The average molecular weight is 404 g/mol. The van der Waals surface area contributed by atoms with E-state index < -0.39 is 6.10 Å². The molecule has 154 valence electrons. The van der Waals surface area contributed by atoms with E-state index in [4.69, 9.17) is 9.47 Å². The number of hydrogen-bond acceptors (Lipinski definition) is 4. The van der Waals surface area contributed by atoms with Crippen molar-refractivity contribution in [2.45, 2.75) is 25.4 Å². The van der Waals surface area contributed by atoms with Crippen molar-refractivity contribution in [1.82, 2.24) is 4.90 Å². The van der Waals surface area contributed by atoms with Crippen LogP contribution in [0.1, 0.15) is 24.8 Å². The van der Waals surface area contributed by atoms with Crippen molar-refractivity contribution in [3.8, 4) is 11.5 Å². The third kappa shape index (κ3) is 3.43. The molecule has 0 unspecified atom stereocenters. The molecule has 0 bridgehead atoms. The second-order valence-corrected chi connectivity index (χ2v) is 7.87. The second-order valence-electron chi connectivity index (χ2n) is 7.87. The molecule has 3 aliphatic rings. The zero-order chi connectivity index (χ0) is 20.5. The number of ether oxygens (including phenoxy) is 2. The highest BCUT2D eigenvalue weighted by Crippen LogP contribution is 2.36. The van der Waals surface area contributed by atoms with Crippen molar-refractivity contribution in [3.63, 3.8) is 0 Å². The van der Waals surface area contributed by atoms with Crippen LogP contribution in [0.3, 0.4) is 0 Å². The molecular formula is C24H24N2O4. The number of benzene rings is 2. The molecule has 30 heavy (non-hydrogen) atoms. The summed E-state index contributed by atoms with van der Waals surface area (Å²) in [5.41, 5.74) is 2.13. The van der Waals surface area contributed by atoms with Crippen LogP contribution in [-0.2, 0) is 9.59 Å². The number of piperidine rings is 1. The van der Waals surface area contributed by atoms with Crippen molar-refractivity contribution in [3.05, 3.63) is 59.7 Å². The molecule has 3 heterocycles. The van der Waals surface area contributed by atoms with Gasteiger partial charge in [-0.2, -0.15) is 0 Å². The lowest BCUT2D eigenvalue weighted by molar-refractivity contribution is -0.139. The Hall–Kier alpha value is -3.28. The van der Waals surface area contributed by atoms with Crippen molar-refractivity contribution in [2.24, 2.45) is 0 Å². The van der Waals surface area contributed by atoms with Gasteiger partial charge in [-0.15, -0.1) is 0 Å². The van der Waals surface area contributed by atoms with Gasteiger partial charge in [-0.05, 0) is 43.5 Å². The lowest BCUT2D eigenvalue weighted by Crippen LogP contribution is -2.53. The van der Waals surface area contributed by atoms with Crippen LogP contribution in [-0.4, -0.2) is 49.1 Å². The van der Waals surface area contributed by atoms with Crippen LogP contribution in [0.5, 0.6) is 11.5 Å². The number of anilines is 1. The lowest BCUT2D eigenvalue weighted by atomic mass is 10.0. The number of para-hydroxylation sites is 3. The molecule has 5 rings (SSSR count). The quantitative estimate of drug-likeness (QED) is 0.771. The fraction of sp³-hybridized carbons (Fsp3) is 0.333. The minimum atomic E-state index is -0.695. The molecule has 1 atom stereocenters. The molecule has 3 aliphatic heterocycles. The number of amides is 2. The van der Waals surface area contributed by atoms with E-state index in [0.29, 0.717) is 17.0 Å². The molecule has 1 saturated heterocycles. The molecule has 6 heteroatoms. The zero-order valence-electron chi connectivity index (χ0n) is 16.8. The lowest BCUT2D eigenvalue weighted by Gasteiger charge is -2.37. The van der Waals surface area contributed by atoms with Gasteiger partial charge in [0.1, 0.15) is 18.1 Å². The molecule has 0 saturated carbocycles. The van der Waals surface area contributed by atoms with Gasteiger partial charge in [-0.3, -0.25) is 9.59 Å². The highest BCUT2D eigenvalue weighted by Gasteiger charge is 2.37. The maximum atomic E-state index is 13.5. The van der Waals surface area contributed by atoms with Gasteiger partial charge in [0.15, 0.2) is 6.10 Å². The van der Waals surface area contributed by atoms with Crippen LogP contribution in [0.15, 0.2) is 54.1 Å². The topological polar surface area (TPSA) is 59.1 Å². The van der Waals surface area contributed by atoms with E-state index in [0.717, 1.165) is 43.7 Å². The van der Waals surface area contributed by atoms with E-state index in [-0.39, 0.29) is 25.0 Å². The van der Waals surface area contributed by atoms with Crippen LogP contribution in [0, 0.1) is 0 Å². The Morgan fingerprint density at radius 3 is 2.47 bits per heavy atom. The number of likely N-dealkylation sites (tertiary alicyclic amines) is 1. The summed E-state index contributed by atoms with van der Waals surface area (Å²) >= 11 is 0. The van der Waals surface area contributed by atoms with E-state index in [1.807, 2.05) is 59.5 Å². The maximum absolute atomic E-state index is 13.5. The monoisotopic (exact) mass is 404 g/mol. The Morgan fingerprint density at radius 1 is 0.900 bits per heavy atom. The van der Waals surface area contributed by atoms with Gasteiger partial charge in [-0.25, -0.2) is 0 Å². The highest BCUT2D eigenvalue weighted by molar-refractivity contribution is 6.10. The van der Waals surface area contributed by atoms with Gasteiger partial charge < -0.3 is 19.3 Å². The van der Waals surface area contributed by atoms with Crippen molar-refractivity contribution < 1.29 is 19.1 Å². The SMILES string of the molecule is O=C([C@@H]1CN(C(=O)C2=Cc3ccccc3OC2)c2ccccc2O1)N1CCCCC1. The molecule has 1 fully saturated rings. The van der Waals surface area contributed by atoms with Gasteiger partial charge in [0.2, 0.25) is 0 Å². The van der Waals surface area contributed by atoms with E-state index in [1.165, 1.54) is 0 Å². The number of nitrogens with zero attached hydrogens (tertiary/aromatic N) is 2. The van der Waals surface area contributed by atoms with Crippen LogP contribution in [0.2, 0.25) is 0 Å². The highest BCUT2D eigenvalue weighted by atomic mass is 16.5. The van der Waals surface area contributed by atoms with Crippen LogP contribution in [0.25, 0.3) is 6.08 Å². The second kappa shape index (κ2) is 7.86. The van der Waals surface area contributed by atoms with E-state index in [2.05, 4.69) is 0 Å². The Balaban J connectivity index is 1.44. The van der Waals surface area contributed by atoms with Crippen LogP contribution >= 0.6 is 0 Å². The van der Waals surface area contributed by atoms with Crippen LogP contribution < -0.4 is 14.4 Å². The van der Waals surface area contributed by atoms with Gasteiger partial charge in [-0.1, -0.05) is 30.3 Å². The number of fused-ring (bicyclic) bond motifs is 2. The number of hydrogen-bond donors (Lipinski definition) is 0. The first-order valence-corrected chi connectivity index (χ1v) is 10.5. The normalized spacial score (nSPS) is 20.3. The summed E-state index contributed by atoms with van der Waals surface area (Å²) in [4.78, 5) is 30.1. The van der Waals surface area contributed by atoms with Gasteiger partial charge in [0.25, 0.3) is 11.8 Å². The smallest absolute Gasteiger partial charge is 0.265 e. The molecule has 6 nitrogen and oxygen atoms in total. The summed E-state index contributed by atoms with van der Waals surface area (Å²) in [7, 11) is 0. The molecule has 2 amide bonds. The van der Waals surface area contributed by atoms with Gasteiger partial charge >= 0.3 is 0 Å². The largest absolute Gasteiger partial charge is 0.488 e. The molecule has 0 spiro atoms. The first kappa shape index (κ1) is 18.7. The first-order chi connectivity index (χ1) is 14.7. The Morgan fingerprint density at radius 2 is 1.63 bits per heavy atom. The van der Waals surface area contributed by atoms with Gasteiger partial charge in [0.05, 0.1) is 17.8 Å². The average Bonchev–Trinajstić information content (AvgIpc) is 2.82. The summed E-state index contributed by atoms with van der Waals surface area (Å²) in [6.45, 7) is 1.92. The Labute approximate surface area is 175 Å². The fourth-order valence-corrected chi connectivity index (χ4v) is 4.29. The summed E-state index contributed by atoms with van der Waals surface area (Å²) in [6.07, 6.45) is 4.36. The van der Waals surface area contributed by atoms with Gasteiger partial charge in [0, 0.05) is 18.7 Å². The molecule has 0 radical (unpaired) electrons. The predicted molar refractivity (Wildman–Crippen MR) is 114 cm³/mol. The molecule has 0 N–H and O–H groups in total. The molecule has 2 aromatic carbocycles. The molecule has 0 aromatic heterocycles. The minimum Gasteiger partial charge on any atom is -0.488 e. The predicted octanol–water partition coefficient (Wildman–Crippen LogP) is 3.27. The summed E-state index contributed by atoms with van der Waals surface area (Å²) in [5.74, 6) is 1.14. The zero-order valence-corrected chi connectivity index (χ0v) is 16.8. The molecular weight excluding hydrogens is 380 g/mol. The number of rotatable bonds is 2. The third-order valence-corrected chi connectivity index (χ3v) is 5.87. The molecule has 0 aliphatic carbocycles. The minimum absolute atomic E-state index is 0.0405. The summed E-state index contributed by atoms with van der Waals surface area (Å²) in [5, 5.41) is 0. The number of carbonyl (C=O) groups is 2. The standard InChI is InChI=1S/C24H24N2O4/c27-23(18-14-17-8-2-4-10-20(17)29-16-18)26-15-22(24(28)25-12-6-1-7-13-25)30-21-11-5-3-9-19(21)26/h2-5,8-11,14,22H,1,6-7,12-13,15-16H2/t22-/m0/s1. The first-order valence-electron chi connectivity index (χ1n) is 10.5.